The SMILES string of the molecule is Cc1nnc2n1-c1c(Cl)c(-c3cc(F)cc4c3cnn4CC(F)F)c3c(c1NC2(C)C)CCO3. The fraction of sp³-hybridized carbons (Fsp3) is 0.348. The van der Waals surface area contributed by atoms with Crippen molar-refractivity contribution in [1.29, 1.82) is 0 Å². The van der Waals surface area contributed by atoms with Gasteiger partial charge in [-0.1, -0.05) is 11.6 Å². The van der Waals surface area contributed by atoms with Gasteiger partial charge in [-0.25, -0.2) is 13.2 Å². The molecule has 34 heavy (non-hydrogen) atoms. The molecule has 1 N–H and O–H groups in total. The third kappa shape index (κ3) is 2.87. The average Bonchev–Trinajstić information content (AvgIpc) is 3.47. The van der Waals surface area contributed by atoms with E-state index in [0.717, 1.165) is 15.9 Å². The molecule has 0 saturated carbocycles. The van der Waals surface area contributed by atoms with E-state index < -0.39 is 24.3 Å². The number of benzene rings is 2. The summed E-state index contributed by atoms with van der Waals surface area (Å²) in [6, 6.07) is 2.54. The molecule has 4 heterocycles. The van der Waals surface area contributed by atoms with Crippen LogP contribution in [0.5, 0.6) is 5.75 Å². The van der Waals surface area contributed by atoms with E-state index in [-0.39, 0.29) is 5.52 Å². The number of aromatic nitrogens is 5. The fourth-order valence-corrected chi connectivity index (χ4v) is 5.37. The second kappa shape index (κ2) is 7.11. The summed E-state index contributed by atoms with van der Waals surface area (Å²) in [5.74, 6) is 1.32. The van der Waals surface area contributed by atoms with Gasteiger partial charge in [-0.2, -0.15) is 5.10 Å². The van der Waals surface area contributed by atoms with E-state index in [4.69, 9.17) is 16.3 Å². The first-order valence-corrected chi connectivity index (χ1v) is 11.2. The average molecular weight is 489 g/mol. The Labute approximate surface area is 197 Å². The van der Waals surface area contributed by atoms with Crippen LogP contribution in [-0.4, -0.2) is 37.6 Å². The van der Waals surface area contributed by atoms with Crippen LogP contribution in [0, 0.1) is 12.7 Å². The molecule has 6 rings (SSSR count). The van der Waals surface area contributed by atoms with Crippen LogP contribution in [0.4, 0.5) is 18.9 Å². The lowest BCUT2D eigenvalue weighted by Gasteiger charge is -2.36. The van der Waals surface area contributed by atoms with Crippen molar-refractivity contribution in [2.45, 2.75) is 45.7 Å². The summed E-state index contributed by atoms with van der Waals surface area (Å²) in [6.07, 6.45) is -0.537. The Morgan fingerprint density at radius 2 is 2.06 bits per heavy atom. The molecule has 2 aromatic heterocycles. The van der Waals surface area contributed by atoms with Gasteiger partial charge in [0.15, 0.2) is 5.82 Å². The summed E-state index contributed by atoms with van der Waals surface area (Å²) in [7, 11) is 0. The zero-order chi connectivity index (χ0) is 23.9. The van der Waals surface area contributed by atoms with Gasteiger partial charge in [0.05, 0.1) is 40.3 Å². The molecule has 0 radical (unpaired) electrons. The Morgan fingerprint density at radius 1 is 1.26 bits per heavy atom. The predicted molar refractivity (Wildman–Crippen MR) is 122 cm³/mol. The van der Waals surface area contributed by atoms with Crippen molar-refractivity contribution in [2.75, 3.05) is 11.9 Å². The maximum absolute atomic E-state index is 14.8. The normalized spacial score (nSPS) is 15.8. The van der Waals surface area contributed by atoms with Crippen molar-refractivity contribution >= 4 is 28.2 Å². The molecular formula is C23H20ClF3N6O. The van der Waals surface area contributed by atoms with Gasteiger partial charge in [0.25, 0.3) is 6.43 Å². The number of fused-ring (bicyclic) bond motifs is 6. The van der Waals surface area contributed by atoms with Crippen LogP contribution in [0.1, 0.15) is 31.1 Å². The number of anilines is 1. The monoisotopic (exact) mass is 488 g/mol. The van der Waals surface area contributed by atoms with Crippen LogP contribution in [0.25, 0.3) is 27.7 Å². The van der Waals surface area contributed by atoms with Crippen LogP contribution in [0.2, 0.25) is 5.02 Å². The van der Waals surface area contributed by atoms with Crippen LogP contribution in [0.3, 0.4) is 0 Å². The summed E-state index contributed by atoms with van der Waals surface area (Å²) < 4.78 is 50.0. The second-order valence-corrected chi connectivity index (χ2v) is 9.46. The first-order chi connectivity index (χ1) is 16.2. The molecular weight excluding hydrogens is 469 g/mol. The van der Waals surface area contributed by atoms with E-state index in [9.17, 15) is 13.2 Å². The topological polar surface area (TPSA) is 69.8 Å². The Kier molecular flexibility index (Phi) is 4.45. The lowest BCUT2D eigenvalue weighted by atomic mass is 9.92. The number of nitrogens with zero attached hydrogens (tertiary/aromatic N) is 5. The van der Waals surface area contributed by atoms with E-state index in [1.54, 1.807) is 0 Å². The van der Waals surface area contributed by atoms with E-state index in [1.807, 2.05) is 25.3 Å². The highest BCUT2D eigenvalue weighted by Crippen LogP contribution is 2.54. The standard InChI is InChI=1S/C23H20ClF3N6O/c1-10-30-31-22-23(2,3)29-19-12-4-5-34-21(12)17(18(24)20(19)33(10)22)13-6-11(25)7-15-14(13)8-28-32(15)9-16(26)27/h6-8,16,29H,4-5,9H2,1-3H3. The van der Waals surface area contributed by atoms with E-state index >= 15 is 0 Å². The summed E-state index contributed by atoms with van der Waals surface area (Å²) in [5.41, 5.74) is 3.07. The number of nitrogens with one attached hydrogen (secondary N) is 1. The Balaban J connectivity index is 1.69. The number of alkyl halides is 2. The van der Waals surface area contributed by atoms with Gasteiger partial charge in [0.1, 0.15) is 23.9 Å². The molecule has 0 amide bonds. The zero-order valence-corrected chi connectivity index (χ0v) is 19.3. The molecule has 0 saturated heterocycles. The second-order valence-electron chi connectivity index (χ2n) is 9.08. The quantitative estimate of drug-likeness (QED) is 0.427. The molecule has 0 bridgehead atoms. The van der Waals surface area contributed by atoms with Gasteiger partial charge in [-0.15, -0.1) is 10.2 Å². The Morgan fingerprint density at radius 3 is 2.82 bits per heavy atom. The number of hydrogen-bond acceptors (Lipinski definition) is 5. The van der Waals surface area contributed by atoms with Gasteiger partial charge in [0.2, 0.25) is 0 Å². The molecule has 0 aliphatic carbocycles. The number of ether oxygens (including phenoxy) is 1. The highest BCUT2D eigenvalue weighted by Gasteiger charge is 2.40. The summed E-state index contributed by atoms with van der Waals surface area (Å²) in [5, 5.41) is 17.1. The summed E-state index contributed by atoms with van der Waals surface area (Å²) in [6.45, 7) is 5.66. The van der Waals surface area contributed by atoms with Gasteiger partial charge in [-0.05, 0) is 32.9 Å². The van der Waals surface area contributed by atoms with Crippen LogP contribution in [0.15, 0.2) is 18.3 Å². The van der Waals surface area contributed by atoms with E-state index in [2.05, 4.69) is 20.6 Å². The molecule has 0 spiro atoms. The van der Waals surface area contributed by atoms with Crippen molar-refractivity contribution in [3.63, 3.8) is 0 Å². The molecule has 2 aliphatic heterocycles. The number of hydrogen-bond donors (Lipinski definition) is 1. The largest absolute Gasteiger partial charge is 0.492 e. The molecule has 176 valence electrons. The molecule has 4 aromatic rings. The predicted octanol–water partition coefficient (Wildman–Crippen LogP) is 5.25. The fourth-order valence-electron chi connectivity index (χ4n) is 5.00. The summed E-state index contributed by atoms with van der Waals surface area (Å²) in [4.78, 5) is 0. The molecule has 7 nitrogen and oxygen atoms in total. The summed E-state index contributed by atoms with van der Waals surface area (Å²) >= 11 is 7.07. The van der Waals surface area contributed by atoms with Crippen molar-refractivity contribution in [1.82, 2.24) is 24.5 Å². The van der Waals surface area contributed by atoms with Crippen molar-refractivity contribution < 1.29 is 17.9 Å². The highest BCUT2D eigenvalue weighted by atomic mass is 35.5. The van der Waals surface area contributed by atoms with Crippen LogP contribution >= 0.6 is 11.6 Å². The van der Waals surface area contributed by atoms with Crippen molar-refractivity contribution in [3.05, 3.63) is 46.4 Å². The molecule has 2 aromatic carbocycles. The molecule has 0 fully saturated rings. The molecule has 0 unspecified atom stereocenters. The minimum atomic E-state index is -2.63. The lowest BCUT2D eigenvalue weighted by Crippen LogP contribution is -2.36. The number of rotatable bonds is 3. The third-order valence-corrected chi connectivity index (χ3v) is 6.79. The maximum Gasteiger partial charge on any atom is 0.257 e. The molecule has 2 aliphatic rings. The first-order valence-electron chi connectivity index (χ1n) is 10.8. The smallest absolute Gasteiger partial charge is 0.257 e. The van der Waals surface area contributed by atoms with Crippen molar-refractivity contribution in [2.24, 2.45) is 0 Å². The molecule has 11 heteroatoms. The lowest BCUT2D eigenvalue weighted by molar-refractivity contribution is 0.123. The van der Waals surface area contributed by atoms with Crippen molar-refractivity contribution in [3.8, 4) is 22.6 Å². The zero-order valence-electron chi connectivity index (χ0n) is 18.6. The van der Waals surface area contributed by atoms with Gasteiger partial charge in [-0.3, -0.25) is 9.25 Å². The number of halogens is 4. The van der Waals surface area contributed by atoms with Gasteiger partial charge in [0, 0.05) is 28.5 Å². The Bertz CT molecular complexity index is 1490. The van der Waals surface area contributed by atoms with Crippen LogP contribution < -0.4 is 10.1 Å². The highest BCUT2D eigenvalue weighted by molar-refractivity contribution is 6.37. The molecule has 0 atom stereocenters. The minimum absolute atomic E-state index is 0.260. The van der Waals surface area contributed by atoms with E-state index in [1.165, 1.54) is 18.3 Å². The number of aryl methyl sites for hydroxylation is 1. The maximum atomic E-state index is 14.8. The van der Waals surface area contributed by atoms with E-state index in [0.29, 0.717) is 57.6 Å². The minimum Gasteiger partial charge on any atom is -0.492 e. The van der Waals surface area contributed by atoms with Gasteiger partial charge < -0.3 is 10.1 Å². The first kappa shape index (κ1) is 21.3. The van der Waals surface area contributed by atoms with Gasteiger partial charge >= 0.3 is 0 Å². The Hall–Kier alpha value is -3.27. The van der Waals surface area contributed by atoms with Crippen LogP contribution in [-0.2, 0) is 18.5 Å². The third-order valence-electron chi connectivity index (χ3n) is 6.42.